The number of hydrogen-bond donors (Lipinski definition) is 0. The van der Waals surface area contributed by atoms with Crippen LogP contribution in [0.15, 0.2) is 24.5 Å². The molecule has 1 aliphatic carbocycles. The van der Waals surface area contributed by atoms with Gasteiger partial charge in [-0.3, -0.25) is 4.79 Å². The molecular weight excluding hydrogens is 382 g/mol. The van der Waals surface area contributed by atoms with E-state index in [0.29, 0.717) is 13.0 Å². The fourth-order valence-electron chi connectivity index (χ4n) is 5.19. The number of amides is 1. The molecule has 162 valence electrons. The zero-order valence-electron chi connectivity index (χ0n) is 17.9. The Bertz CT molecular complexity index is 848. The summed E-state index contributed by atoms with van der Waals surface area (Å²) in [6.45, 7) is 1.50. The monoisotopic (exact) mass is 413 g/mol. The number of carbonyl (C=O) groups excluding carboxylic acids is 1. The predicted octanol–water partition coefficient (Wildman–Crippen LogP) is 3.39. The van der Waals surface area contributed by atoms with E-state index in [-0.39, 0.29) is 17.4 Å². The molecule has 1 atom stereocenters. The molecule has 30 heavy (non-hydrogen) atoms. The van der Waals surface area contributed by atoms with Gasteiger partial charge in [-0.25, -0.2) is 4.68 Å². The minimum absolute atomic E-state index is 0.0482. The third-order valence-corrected chi connectivity index (χ3v) is 6.70. The Morgan fingerprint density at radius 1 is 1.17 bits per heavy atom. The number of ether oxygens (including phenoxy) is 2. The second-order valence-corrected chi connectivity index (χ2v) is 8.60. The minimum Gasteiger partial charge on any atom is -0.497 e. The van der Waals surface area contributed by atoms with Crippen molar-refractivity contribution in [2.75, 3.05) is 20.8 Å². The van der Waals surface area contributed by atoms with Gasteiger partial charge in [-0.05, 0) is 53.7 Å². The number of hydrogen-bond acceptors (Lipinski definition) is 6. The summed E-state index contributed by atoms with van der Waals surface area (Å²) in [5.74, 6) is 1.76. The van der Waals surface area contributed by atoms with E-state index in [2.05, 4.69) is 20.4 Å². The number of carbonyl (C=O) groups is 1. The van der Waals surface area contributed by atoms with Crippen LogP contribution in [0.25, 0.3) is 0 Å². The lowest BCUT2D eigenvalue weighted by Crippen LogP contribution is -2.39. The molecule has 2 fully saturated rings. The topological polar surface area (TPSA) is 82.4 Å². The van der Waals surface area contributed by atoms with Gasteiger partial charge in [-0.2, -0.15) is 0 Å². The number of methoxy groups -OCH3 is 2. The second-order valence-electron chi connectivity index (χ2n) is 8.60. The van der Waals surface area contributed by atoms with Crippen molar-refractivity contribution >= 4 is 5.91 Å². The van der Waals surface area contributed by atoms with Crippen molar-refractivity contribution < 1.29 is 14.3 Å². The molecule has 1 aliphatic heterocycles. The van der Waals surface area contributed by atoms with Gasteiger partial charge in [0.05, 0.1) is 26.8 Å². The summed E-state index contributed by atoms with van der Waals surface area (Å²) in [4.78, 5) is 15.6. The summed E-state index contributed by atoms with van der Waals surface area (Å²) in [5, 5.41) is 11.6. The highest BCUT2D eigenvalue weighted by molar-refractivity contribution is 5.78. The van der Waals surface area contributed by atoms with E-state index in [1.54, 1.807) is 25.2 Å². The van der Waals surface area contributed by atoms with Crippen molar-refractivity contribution in [3.63, 3.8) is 0 Å². The van der Waals surface area contributed by atoms with E-state index in [4.69, 9.17) is 9.47 Å². The quantitative estimate of drug-likeness (QED) is 0.692. The zero-order chi connectivity index (χ0) is 21.0. The normalized spacial score (nSPS) is 20.9. The standard InChI is InChI=1S/C22H31N5O3/c1-29-17-8-9-18(20(13-17)30-2)19-7-6-12-27(19)21(28)14-22(10-4-3-5-11-22)15-26-16-23-24-25-26/h8-9,13,16,19H,3-7,10-12,14-15H2,1-2H3/t19-/m0/s1. The van der Waals surface area contributed by atoms with Crippen molar-refractivity contribution in [2.24, 2.45) is 5.41 Å². The van der Waals surface area contributed by atoms with Crippen LogP contribution >= 0.6 is 0 Å². The Hall–Kier alpha value is -2.64. The van der Waals surface area contributed by atoms with Crippen LogP contribution in [-0.4, -0.2) is 51.8 Å². The van der Waals surface area contributed by atoms with Crippen LogP contribution in [0.3, 0.4) is 0 Å². The highest BCUT2D eigenvalue weighted by atomic mass is 16.5. The Morgan fingerprint density at radius 3 is 2.70 bits per heavy atom. The largest absolute Gasteiger partial charge is 0.497 e. The summed E-state index contributed by atoms with van der Waals surface area (Å²) in [6, 6.07) is 5.92. The molecule has 4 rings (SSSR count). The van der Waals surface area contributed by atoms with E-state index in [9.17, 15) is 4.79 Å². The first-order chi connectivity index (χ1) is 14.6. The molecule has 1 amide bonds. The van der Waals surface area contributed by atoms with Crippen LogP contribution in [0.5, 0.6) is 11.5 Å². The molecule has 0 spiro atoms. The maximum absolute atomic E-state index is 13.6. The fraction of sp³-hybridized carbons (Fsp3) is 0.636. The van der Waals surface area contributed by atoms with Gasteiger partial charge >= 0.3 is 0 Å². The van der Waals surface area contributed by atoms with Crippen molar-refractivity contribution in [3.05, 3.63) is 30.1 Å². The smallest absolute Gasteiger partial charge is 0.223 e. The van der Waals surface area contributed by atoms with Crippen LogP contribution in [0.2, 0.25) is 0 Å². The Morgan fingerprint density at radius 2 is 2.00 bits per heavy atom. The highest BCUT2D eigenvalue weighted by Crippen LogP contribution is 2.44. The maximum Gasteiger partial charge on any atom is 0.223 e. The Kier molecular flexibility index (Phi) is 6.20. The van der Waals surface area contributed by atoms with Gasteiger partial charge in [0.1, 0.15) is 17.8 Å². The molecule has 0 radical (unpaired) electrons. The van der Waals surface area contributed by atoms with Crippen molar-refractivity contribution in [2.45, 2.75) is 64.0 Å². The third kappa shape index (κ3) is 4.27. The second kappa shape index (κ2) is 9.02. The summed E-state index contributed by atoms with van der Waals surface area (Å²) >= 11 is 0. The molecule has 0 bridgehead atoms. The van der Waals surface area contributed by atoms with Crippen LogP contribution in [0, 0.1) is 5.41 Å². The molecule has 1 aromatic heterocycles. The Balaban J connectivity index is 1.54. The number of likely N-dealkylation sites (tertiary alicyclic amines) is 1. The third-order valence-electron chi connectivity index (χ3n) is 6.70. The van der Waals surface area contributed by atoms with Crippen molar-refractivity contribution in [1.82, 2.24) is 25.1 Å². The summed E-state index contributed by atoms with van der Waals surface area (Å²) in [7, 11) is 3.32. The fourth-order valence-corrected chi connectivity index (χ4v) is 5.19. The van der Waals surface area contributed by atoms with E-state index >= 15 is 0 Å². The molecule has 1 saturated carbocycles. The molecule has 1 aromatic carbocycles. The zero-order valence-corrected chi connectivity index (χ0v) is 17.9. The highest BCUT2D eigenvalue weighted by Gasteiger charge is 2.39. The molecule has 1 saturated heterocycles. The molecule has 0 N–H and O–H groups in total. The lowest BCUT2D eigenvalue weighted by molar-refractivity contribution is -0.135. The lowest BCUT2D eigenvalue weighted by atomic mass is 9.71. The number of rotatable bonds is 7. The van der Waals surface area contributed by atoms with Gasteiger partial charge in [0, 0.05) is 24.6 Å². The van der Waals surface area contributed by atoms with Crippen molar-refractivity contribution in [3.8, 4) is 11.5 Å². The van der Waals surface area contributed by atoms with Gasteiger partial charge in [0.15, 0.2) is 0 Å². The maximum atomic E-state index is 13.6. The average Bonchev–Trinajstić information content (AvgIpc) is 3.45. The van der Waals surface area contributed by atoms with Crippen LogP contribution < -0.4 is 9.47 Å². The van der Waals surface area contributed by atoms with Crippen molar-refractivity contribution in [1.29, 1.82) is 0 Å². The molecular formula is C22H31N5O3. The molecule has 0 unspecified atom stereocenters. The SMILES string of the molecule is COc1ccc([C@@H]2CCCN2C(=O)CC2(Cn3cnnn3)CCCCC2)c(OC)c1. The summed E-state index contributed by atoms with van der Waals surface area (Å²) in [5.41, 5.74) is 0.990. The molecule has 8 nitrogen and oxygen atoms in total. The molecule has 2 aromatic rings. The molecule has 2 aliphatic rings. The average molecular weight is 414 g/mol. The number of benzene rings is 1. The van der Waals surface area contributed by atoms with Gasteiger partial charge in [0.25, 0.3) is 0 Å². The van der Waals surface area contributed by atoms with E-state index in [1.165, 1.54) is 6.42 Å². The van der Waals surface area contributed by atoms with E-state index < -0.39 is 0 Å². The van der Waals surface area contributed by atoms with Gasteiger partial charge in [0.2, 0.25) is 5.91 Å². The summed E-state index contributed by atoms with van der Waals surface area (Å²) in [6.07, 6.45) is 9.80. The Labute approximate surface area is 177 Å². The van der Waals surface area contributed by atoms with Gasteiger partial charge < -0.3 is 14.4 Å². The van der Waals surface area contributed by atoms with Gasteiger partial charge in [-0.15, -0.1) is 5.10 Å². The van der Waals surface area contributed by atoms with Gasteiger partial charge in [-0.1, -0.05) is 19.3 Å². The van der Waals surface area contributed by atoms with Crippen LogP contribution in [0.4, 0.5) is 0 Å². The molecule has 8 heteroatoms. The van der Waals surface area contributed by atoms with E-state index in [0.717, 1.165) is 62.1 Å². The molecule has 2 heterocycles. The van der Waals surface area contributed by atoms with Crippen LogP contribution in [0.1, 0.15) is 63.0 Å². The number of tetrazole rings is 1. The summed E-state index contributed by atoms with van der Waals surface area (Å²) < 4.78 is 12.7. The van der Waals surface area contributed by atoms with E-state index in [1.807, 2.05) is 18.2 Å². The van der Waals surface area contributed by atoms with Crippen LogP contribution in [-0.2, 0) is 11.3 Å². The predicted molar refractivity (Wildman–Crippen MR) is 111 cm³/mol. The number of nitrogens with zero attached hydrogens (tertiary/aromatic N) is 5. The lowest BCUT2D eigenvalue weighted by Gasteiger charge is -2.38. The minimum atomic E-state index is -0.0676. The first kappa shape index (κ1) is 20.6. The first-order valence-electron chi connectivity index (χ1n) is 10.9. The number of aromatic nitrogens is 4. The first-order valence-corrected chi connectivity index (χ1v) is 10.9.